The maximum absolute atomic E-state index is 6.07. The summed E-state index contributed by atoms with van der Waals surface area (Å²) in [5.41, 5.74) is 11.3. The van der Waals surface area contributed by atoms with Crippen molar-refractivity contribution in [2.24, 2.45) is 16.6 Å². The molecule has 0 spiro atoms. The summed E-state index contributed by atoms with van der Waals surface area (Å²) in [5, 5.41) is 3.36. The molecule has 4 heteroatoms. The average Bonchev–Trinajstić information content (AvgIpc) is 3.49. The van der Waals surface area contributed by atoms with Crippen molar-refractivity contribution in [3.63, 3.8) is 0 Å². The van der Waals surface area contributed by atoms with Gasteiger partial charge in [0, 0.05) is 35.3 Å². The van der Waals surface area contributed by atoms with Gasteiger partial charge in [-0.25, -0.2) is 0 Å². The van der Waals surface area contributed by atoms with Crippen LogP contribution in [-0.4, -0.2) is 24.4 Å². The largest absolute Gasteiger partial charge is 0.493 e. The fourth-order valence-electron chi connectivity index (χ4n) is 2.43. The van der Waals surface area contributed by atoms with Gasteiger partial charge in [0.05, 0.1) is 6.61 Å². The molecule has 1 fully saturated rings. The lowest BCUT2D eigenvalue weighted by Crippen LogP contribution is -2.39. The van der Waals surface area contributed by atoms with Crippen LogP contribution < -0.4 is 15.8 Å². The molecular weight excluding hydrogens is 358 g/mol. The fraction of sp³-hybridized carbons (Fsp3) is 0.400. The van der Waals surface area contributed by atoms with Crippen LogP contribution in [0.4, 0.5) is 0 Å². The SMILES string of the molecule is C=C/C(=C\N=C(C)C(C)(C)N)CNC(=C)c1cc(OCC2CC2)cc(C(=C)C)c1. The van der Waals surface area contributed by atoms with Gasteiger partial charge in [-0.3, -0.25) is 4.99 Å². The van der Waals surface area contributed by atoms with Gasteiger partial charge in [-0.2, -0.15) is 0 Å². The van der Waals surface area contributed by atoms with E-state index >= 15 is 0 Å². The summed E-state index contributed by atoms with van der Waals surface area (Å²) in [6.45, 7) is 21.3. The van der Waals surface area contributed by atoms with Crippen LogP contribution in [0.1, 0.15) is 51.7 Å². The maximum atomic E-state index is 6.07. The second-order valence-electron chi connectivity index (χ2n) is 8.46. The lowest BCUT2D eigenvalue weighted by atomic mass is 10.0. The van der Waals surface area contributed by atoms with Crippen LogP contribution in [0, 0.1) is 5.92 Å². The molecule has 0 radical (unpaired) electrons. The van der Waals surface area contributed by atoms with Crippen LogP contribution in [0.5, 0.6) is 5.75 Å². The normalized spacial score (nSPS) is 15.1. The lowest BCUT2D eigenvalue weighted by Gasteiger charge is -2.17. The van der Waals surface area contributed by atoms with Gasteiger partial charge in [-0.1, -0.05) is 31.4 Å². The topological polar surface area (TPSA) is 59.6 Å². The summed E-state index contributed by atoms with van der Waals surface area (Å²) in [7, 11) is 0. The number of hydrogen-bond donors (Lipinski definition) is 2. The Morgan fingerprint density at radius 1 is 1.24 bits per heavy atom. The van der Waals surface area contributed by atoms with Crippen molar-refractivity contribution in [1.82, 2.24) is 5.32 Å². The summed E-state index contributed by atoms with van der Waals surface area (Å²) >= 11 is 0. The smallest absolute Gasteiger partial charge is 0.120 e. The number of ether oxygens (including phenoxy) is 1. The first-order valence-corrected chi connectivity index (χ1v) is 10.1. The molecule has 0 aliphatic heterocycles. The maximum Gasteiger partial charge on any atom is 0.120 e. The van der Waals surface area contributed by atoms with Crippen LogP contribution in [-0.2, 0) is 0 Å². The van der Waals surface area contributed by atoms with E-state index in [1.165, 1.54) is 12.8 Å². The summed E-state index contributed by atoms with van der Waals surface area (Å²) in [6, 6.07) is 6.15. The number of rotatable bonds is 11. The van der Waals surface area contributed by atoms with Crippen molar-refractivity contribution < 1.29 is 4.74 Å². The van der Waals surface area contributed by atoms with E-state index in [9.17, 15) is 0 Å². The first-order valence-electron chi connectivity index (χ1n) is 10.1. The van der Waals surface area contributed by atoms with Crippen molar-refractivity contribution in [2.45, 2.75) is 46.1 Å². The number of nitrogens with one attached hydrogen (secondary N) is 1. The van der Waals surface area contributed by atoms with Crippen molar-refractivity contribution in [3.8, 4) is 5.75 Å². The number of hydrogen-bond acceptors (Lipinski definition) is 4. The summed E-state index contributed by atoms with van der Waals surface area (Å²) in [6.07, 6.45) is 6.11. The first-order chi connectivity index (χ1) is 13.6. The predicted octanol–water partition coefficient (Wildman–Crippen LogP) is 5.34. The Balaban J connectivity index is 2.09. The number of nitrogens with zero attached hydrogens (tertiary/aromatic N) is 1. The second kappa shape index (κ2) is 9.75. The van der Waals surface area contributed by atoms with E-state index in [4.69, 9.17) is 10.5 Å². The minimum Gasteiger partial charge on any atom is -0.493 e. The zero-order valence-corrected chi connectivity index (χ0v) is 18.3. The number of benzene rings is 1. The number of allylic oxidation sites excluding steroid dienone is 1. The molecule has 29 heavy (non-hydrogen) atoms. The Morgan fingerprint density at radius 3 is 2.45 bits per heavy atom. The van der Waals surface area contributed by atoms with Crippen molar-refractivity contribution in [3.05, 3.63) is 66.9 Å². The van der Waals surface area contributed by atoms with Crippen LogP contribution in [0.15, 0.2) is 60.8 Å². The quantitative estimate of drug-likeness (QED) is 0.394. The van der Waals surface area contributed by atoms with Gasteiger partial charge < -0.3 is 15.8 Å². The van der Waals surface area contributed by atoms with E-state index in [1.807, 2.05) is 39.8 Å². The van der Waals surface area contributed by atoms with Crippen LogP contribution >= 0.6 is 0 Å². The molecule has 1 saturated carbocycles. The lowest BCUT2D eigenvalue weighted by molar-refractivity contribution is 0.299. The molecule has 0 amide bonds. The molecule has 2 rings (SSSR count). The van der Waals surface area contributed by atoms with Gasteiger partial charge in [-0.05, 0) is 75.8 Å². The van der Waals surface area contributed by atoms with Gasteiger partial charge in [0.2, 0.25) is 0 Å². The third-order valence-electron chi connectivity index (χ3n) is 5.06. The highest BCUT2D eigenvalue weighted by atomic mass is 16.5. The van der Waals surface area contributed by atoms with E-state index in [2.05, 4.69) is 36.1 Å². The second-order valence-corrected chi connectivity index (χ2v) is 8.46. The molecule has 1 aromatic carbocycles. The first kappa shape index (κ1) is 22.7. The number of aliphatic imine (C=N–C) groups is 1. The molecule has 1 aliphatic rings. The van der Waals surface area contributed by atoms with Crippen molar-refractivity contribution >= 4 is 17.0 Å². The van der Waals surface area contributed by atoms with Gasteiger partial charge in [0.25, 0.3) is 0 Å². The molecule has 0 unspecified atom stereocenters. The van der Waals surface area contributed by atoms with Crippen LogP contribution in [0.25, 0.3) is 11.3 Å². The standard InChI is InChI=1S/C25H35N3O/c1-8-20(15-28-19(5)25(6,7)26)14-27-18(4)23-11-22(17(2)3)12-24(13-23)29-16-21-9-10-21/h8,11-13,15,21,27H,1-2,4,9-10,14,16,26H2,3,5-7H3/b20-15+,28-19?. The highest BCUT2D eigenvalue weighted by molar-refractivity contribution is 5.90. The molecule has 0 atom stereocenters. The van der Waals surface area contributed by atoms with Gasteiger partial charge in [-0.15, -0.1) is 0 Å². The van der Waals surface area contributed by atoms with E-state index in [0.29, 0.717) is 12.5 Å². The van der Waals surface area contributed by atoms with Gasteiger partial charge in [0.15, 0.2) is 0 Å². The third kappa shape index (κ3) is 7.39. The van der Waals surface area contributed by atoms with E-state index in [0.717, 1.165) is 46.0 Å². The highest BCUT2D eigenvalue weighted by Crippen LogP contribution is 2.31. The van der Waals surface area contributed by atoms with E-state index < -0.39 is 5.54 Å². The average molecular weight is 394 g/mol. The van der Waals surface area contributed by atoms with Gasteiger partial charge in [0.1, 0.15) is 5.75 Å². The predicted molar refractivity (Wildman–Crippen MR) is 126 cm³/mol. The Kier molecular flexibility index (Phi) is 7.63. The summed E-state index contributed by atoms with van der Waals surface area (Å²) in [4.78, 5) is 4.47. The Bertz CT molecular complexity index is 836. The monoisotopic (exact) mass is 393 g/mol. The molecule has 4 nitrogen and oxygen atoms in total. The van der Waals surface area contributed by atoms with Crippen LogP contribution in [0.3, 0.4) is 0 Å². The fourth-order valence-corrected chi connectivity index (χ4v) is 2.43. The van der Waals surface area contributed by atoms with E-state index in [1.54, 1.807) is 12.3 Å². The zero-order chi connectivity index (χ0) is 21.6. The summed E-state index contributed by atoms with van der Waals surface area (Å²) in [5.74, 6) is 1.57. The highest BCUT2D eigenvalue weighted by Gasteiger charge is 2.22. The minimum absolute atomic E-state index is 0.445. The number of nitrogens with two attached hydrogens (primary N) is 1. The molecule has 3 N–H and O–H groups in total. The molecule has 0 aromatic heterocycles. The third-order valence-corrected chi connectivity index (χ3v) is 5.06. The molecule has 0 bridgehead atoms. The van der Waals surface area contributed by atoms with Crippen molar-refractivity contribution in [2.75, 3.05) is 13.2 Å². The molecule has 156 valence electrons. The molecule has 0 heterocycles. The Morgan fingerprint density at radius 2 is 1.90 bits per heavy atom. The molecule has 1 aliphatic carbocycles. The molecule has 0 saturated heterocycles. The zero-order valence-electron chi connectivity index (χ0n) is 18.3. The minimum atomic E-state index is -0.445. The van der Waals surface area contributed by atoms with Gasteiger partial charge >= 0.3 is 0 Å². The molecular formula is C25H35N3O. The van der Waals surface area contributed by atoms with Crippen molar-refractivity contribution in [1.29, 1.82) is 0 Å². The Labute approximate surface area is 175 Å². The van der Waals surface area contributed by atoms with E-state index in [-0.39, 0.29) is 0 Å². The molecule has 1 aromatic rings. The van der Waals surface area contributed by atoms with Crippen LogP contribution in [0.2, 0.25) is 0 Å². The summed E-state index contributed by atoms with van der Waals surface area (Å²) < 4.78 is 5.99. The Hall–Kier alpha value is -2.59.